The molecule has 0 rings (SSSR count). The quantitative estimate of drug-likeness (QED) is 0.0222. The van der Waals surface area contributed by atoms with Crippen LogP contribution in [0.4, 0.5) is 0 Å². The van der Waals surface area contributed by atoms with Crippen LogP contribution < -0.4 is 0 Å². The predicted molar refractivity (Wildman–Crippen MR) is 446 cm³/mol. The van der Waals surface area contributed by atoms with E-state index >= 15 is 0 Å². The minimum Gasteiger partial charge on any atom is -0.462 e. The number of carbonyl (C=O) groups excluding carboxylic acids is 4. The summed E-state index contributed by atoms with van der Waals surface area (Å²) in [6, 6.07) is 0. The van der Waals surface area contributed by atoms with Gasteiger partial charge in [-0.1, -0.05) is 421 Å². The number of rotatable bonds is 87. The number of hydrogen-bond donors (Lipinski definition) is 3. The zero-order valence-corrected chi connectivity index (χ0v) is 73.1. The number of phosphoric ester groups is 2. The number of esters is 4. The Morgan fingerprint density at radius 3 is 0.704 bits per heavy atom. The summed E-state index contributed by atoms with van der Waals surface area (Å²) >= 11 is 0. The van der Waals surface area contributed by atoms with E-state index in [1.54, 1.807) is 0 Å². The second-order valence-corrected chi connectivity index (χ2v) is 35.9. The van der Waals surface area contributed by atoms with Gasteiger partial charge in [-0.15, -0.1) is 0 Å². The van der Waals surface area contributed by atoms with Crippen molar-refractivity contribution in [3.8, 4) is 0 Å². The smallest absolute Gasteiger partial charge is 0.462 e. The second-order valence-electron chi connectivity index (χ2n) is 32.9. The summed E-state index contributed by atoms with van der Waals surface area (Å²) in [4.78, 5) is 73.3. The van der Waals surface area contributed by atoms with E-state index in [1.165, 1.54) is 283 Å². The molecular weight excluding hydrogens is 1400 g/mol. The zero-order chi connectivity index (χ0) is 79.3. The Labute approximate surface area is 664 Å². The van der Waals surface area contributed by atoms with E-state index < -0.39 is 97.5 Å². The first kappa shape index (κ1) is 106. The predicted octanol–water partition coefficient (Wildman–Crippen LogP) is 27.3. The molecular formula is C89H174O17P2. The Balaban J connectivity index is 5.23. The highest BCUT2D eigenvalue weighted by molar-refractivity contribution is 7.47. The van der Waals surface area contributed by atoms with Gasteiger partial charge in [0.2, 0.25) is 0 Å². The van der Waals surface area contributed by atoms with Gasteiger partial charge >= 0.3 is 39.5 Å². The van der Waals surface area contributed by atoms with Crippen LogP contribution in [-0.2, 0) is 65.4 Å². The third-order valence-electron chi connectivity index (χ3n) is 21.6. The molecule has 4 unspecified atom stereocenters. The van der Waals surface area contributed by atoms with E-state index in [4.69, 9.17) is 37.0 Å². The molecule has 0 aromatic heterocycles. The summed E-state index contributed by atoms with van der Waals surface area (Å²) in [5.41, 5.74) is 0. The SMILES string of the molecule is CCCCCCCCCCCCCCCC(=O)O[C@H](COC(=O)CCCCCCCCCCC(C)CC)COP(=O)(O)OC[C@H](O)COP(=O)(O)OC[C@@H](COC(=O)CCCCCCCCCCCCCCCCCCCCC(C)C)OC(=O)CCCCCCCCCCCCCCCCCCCCC(C)CC. The van der Waals surface area contributed by atoms with Gasteiger partial charge < -0.3 is 33.8 Å². The molecule has 108 heavy (non-hydrogen) atoms. The van der Waals surface area contributed by atoms with Crippen LogP contribution >= 0.6 is 15.6 Å². The molecule has 0 aromatic carbocycles. The topological polar surface area (TPSA) is 237 Å². The second kappa shape index (κ2) is 78.9. The van der Waals surface area contributed by atoms with Gasteiger partial charge in [0, 0.05) is 25.7 Å². The molecule has 0 aliphatic rings. The number of ether oxygens (including phenoxy) is 4. The summed E-state index contributed by atoms with van der Waals surface area (Å²) in [5, 5.41) is 10.7. The Morgan fingerprint density at radius 1 is 0.269 bits per heavy atom. The molecule has 3 N–H and O–H groups in total. The van der Waals surface area contributed by atoms with Crippen molar-refractivity contribution in [1.82, 2.24) is 0 Å². The van der Waals surface area contributed by atoms with E-state index in [9.17, 15) is 43.2 Å². The Morgan fingerprint density at radius 2 is 0.472 bits per heavy atom. The molecule has 0 saturated heterocycles. The Bertz CT molecular complexity index is 2080. The number of aliphatic hydroxyl groups is 1. The first-order valence-electron chi connectivity index (χ1n) is 45.9. The van der Waals surface area contributed by atoms with Crippen molar-refractivity contribution in [2.75, 3.05) is 39.6 Å². The van der Waals surface area contributed by atoms with Gasteiger partial charge in [0.1, 0.15) is 19.3 Å². The Kier molecular flexibility index (Phi) is 77.5. The van der Waals surface area contributed by atoms with Crippen LogP contribution in [0.3, 0.4) is 0 Å². The van der Waals surface area contributed by atoms with Gasteiger partial charge in [0.15, 0.2) is 12.2 Å². The lowest BCUT2D eigenvalue weighted by Crippen LogP contribution is -2.30. The third kappa shape index (κ3) is 79.3. The van der Waals surface area contributed by atoms with Crippen molar-refractivity contribution < 1.29 is 80.2 Å². The van der Waals surface area contributed by atoms with Crippen molar-refractivity contribution in [2.45, 2.75) is 491 Å². The van der Waals surface area contributed by atoms with Crippen LogP contribution in [0.25, 0.3) is 0 Å². The highest BCUT2D eigenvalue weighted by atomic mass is 31.2. The van der Waals surface area contributed by atoms with Crippen LogP contribution in [0.2, 0.25) is 0 Å². The summed E-state index contributed by atoms with van der Waals surface area (Å²) in [7, 11) is -9.93. The highest BCUT2D eigenvalue weighted by Gasteiger charge is 2.31. The number of hydrogen-bond acceptors (Lipinski definition) is 15. The largest absolute Gasteiger partial charge is 0.472 e. The molecule has 0 aromatic rings. The van der Waals surface area contributed by atoms with Crippen LogP contribution in [0, 0.1) is 17.8 Å². The standard InChI is InChI=1S/C89H174O17P2/c1-8-11-12-13-14-15-16-29-37-42-51-58-65-72-88(93)106-85(77-100-87(92)71-64-57-50-45-44-48-55-62-69-82(7)10-3)79-104-108(97,98)102-75-83(90)74-101-107(95,96)103-78-84(76-99-86(91)70-63-56-49-41-36-32-27-23-19-17-21-25-30-34-39-46-53-60-67-80(4)5)105-89(94)73-66-59-52-43-38-33-28-24-20-18-22-26-31-35-40-47-54-61-68-81(6)9-2/h80-85,90H,8-79H2,1-7H3,(H,95,96)(H,97,98)/t81?,82?,83-,84-,85-/m1/s1. The lowest BCUT2D eigenvalue weighted by Gasteiger charge is -2.21. The third-order valence-corrected chi connectivity index (χ3v) is 23.5. The molecule has 0 fully saturated rings. The molecule has 0 saturated carbocycles. The number of unbranched alkanes of at least 4 members (excludes halogenated alkanes) is 53. The van der Waals surface area contributed by atoms with E-state index in [1.807, 2.05) is 0 Å². The van der Waals surface area contributed by atoms with E-state index in [0.717, 1.165) is 108 Å². The number of carbonyl (C=O) groups is 4. The molecule has 0 heterocycles. The monoisotopic (exact) mass is 1580 g/mol. The fourth-order valence-corrected chi connectivity index (χ4v) is 15.4. The number of aliphatic hydroxyl groups excluding tert-OH is 1. The molecule has 19 heteroatoms. The Hall–Kier alpha value is -1.94. The van der Waals surface area contributed by atoms with E-state index in [2.05, 4.69) is 48.5 Å². The minimum absolute atomic E-state index is 0.107. The summed E-state index contributed by atoms with van der Waals surface area (Å²) < 4.78 is 69.0. The molecule has 0 aliphatic heterocycles. The maximum absolute atomic E-state index is 13.2. The summed E-state index contributed by atoms with van der Waals surface area (Å²) in [6.45, 7) is 12.1. The van der Waals surface area contributed by atoms with Crippen molar-refractivity contribution >= 4 is 39.5 Å². The molecule has 17 nitrogen and oxygen atoms in total. The molecule has 0 bridgehead atoms. The summed E-state index contributed by atoms with van der Waals surface area (Å²) in [5.74, 6) is 0.371. The highest BCUT2D eigenvalue weighted by Crippen LogP contribution is 2.45. The minimum atomic E-state index is -4.97. The van der Waals surface area contributed by atoms with Gasteiger partial charge in [0.05, 0.1) is 26.4 Å². The van der Waals surface area contributed by atoms with Crippen molar-refractivity contribution in [3.05, 3.63) is 0 Å². The molecule has 7 atom stereocenters. The van der Waals surface area contributed by atoms with E-state index in [-0.39, 0.29) is 25.7 Å². The fourth-order valence-electron chi connectivity index (χ4n) is 13.8. The average Bonchev–Trinajstić information content (AvgIpc) is 0.777. The van der Waals surface area contributed by atoms with Crippen LogP contribution in [0.5, 0.6) is 0 Å². The van der Waals surface area contributed by atoms with Crippen molar-refractivity contribution in [1.29, 1.82) is 0 Å². The van der Waals surface area contributed by atoms with Gasteiger partial charge in [0.25, 0.3) is 0 Å². The van der Waals surface area contributed by atoms with Gasteiger partial charge in [-0.2, -0.15) is 0 Å². The normalized spacial score (nSPS) is 14.3. The summed E-state index contributed by atoms with van der Waals surface area (Å²) in [6.07, 6.45) is 70.8. The fraction of sp³-hybridized carbons (Fsp3) is 0.955. The molecule has 0 spiro atoms. The first-order valence-corrected chi connectivity index (χ1v) is 48.9. The van der Waals surface area contributed by atoms with Crippen LogP contribution in [0.1, 0.15) is 472 Å². The molecule has 0 amide bonds. The van der Waals surface area contributed by atoms with Crippen LogP contribution in [-0.4, -0.2) is 96.7 Å². The van der Waals surface area contributed by atoms with Gasteiger partial charge in [-0.05, 0) is 43.4 Å². The van der Waals surface area contributed by atoms with Gasteiger partial charge in [-0.25, -0.2) is 9.13 Å². The lowest BCUT2D eigenvalue weighted by molar-refractivity contribution is -0.161. The van der Waals surface area contributed by atoms with Gasteiger partial charge in [-0.3, -0.25) is 37.3 Å². The van der Waals surface area contributed by atoms with E-state index in [0.29, 0.717) is 25.7 Å². The lowest BCUT2D eigenvalue weighted by atomic mass is 9.99. The maximum Gasteiger partial charge on any atom is 0.472 e. The average molecular weight is 1580 g/mol. The molecule has 0 radical (unpaired) electrons. The zero-order valence-electron chi connectivity index (χ0n) is 71.3. The van der Waals surface area contributed by atoms with Crippen molar-refractivity contribution in [3.63, 3.8) is 0 Å². The molecule has 642 valence electrons. The van der Waals surface area contributed by atoms with Crippen LogP contribution in [0.15, 0.2) is 0 Å². The van der Waals surface area contributed by atoms with Crippen molar-refractivity contribution in [2.24, 2.45) is 17.8 Å². The maximum atomic E-state index is 13.2. The molecule has 0 aliphatic carbocycles. The number of phosphoric acid groups is 2. The first-order chi connectivity index (χ1) is 52.3.